The number of esters is 3. The molecule has 6 saturated carbocycles. The first-order valence-electron chi connectivity index (χ1n) is 38.4. The van der Waals surface area contributed by atoms with Crippen molar-refractivity contribution in [1.82, 2.24) is 44.9 Å². The van der Waals surface area contributed by atoms with E-state index in [-0.39, 0.29) is 103 Å². The fourth-order valence-electron chi connectivity index (χ4n) is 15.4. The second-order valence-corrected chi connectivity index (χ2v) is 32.5. The topological polar surface area (TPSA) is 397 Å². The number of aromatic nitrogens is 9. The summed E-state index contributed by atoms with van der Waals surface area (Å²) < 4.78 is 44.7. The van der Waals surface area contributed by atoms with Crippen molar-refractivity contribution < 1.29 is 62.0 Å². The van der Waals surface area contributed by atoms with Crippen LogP contribution in [0, 0.1) is 17.8 Å². The molecule has 9 aromatic rings. The zero-order chi connectivity index (χ0) is 78.3. The van der Waals surface area contributed by atoms with Crippen molar-refractivity contribution in [3.05, 3.63) is 142 Å². The van der Waals surface area contributed by atoms with Crippen LogP contribution in [0.1, 0.15) is 222 Å². The van der Waals surface area contributed by atoms with Crippen LogP contribution < -0.4 is 47.4 Å². The Hall–Kier alpha value is -9.62. The van der Waals surface area contributed by atoms with Gasteiger partial charge in [-0.3, -0.25) is 0 Å². The van der Waals surface area contributed by atoms with E-state index in [9.17, 15) is 33.6 Å². The molecule has 1 unspecified atom stereocenters. The summed E-state index contributed by atoms with van der Waals surface area (Å²) in [6.45, 7) is 17.8. The third-order valence-corrected chi connectivity index (χ3v) is 23.8. The smallest absolute Gasteiger partial charge is 0.340 e. The number of carbonyl (C=O) groups is 3. The van der Waals surface area contributed by atoms with Gasteiger partial charge < -0.3 is 76.9 Å². The van der Waals surface area contributed by atoms with E-state index in [1.807, 2.05) is 78.3 Å². The van der Waals surface area contributed by atoms with Gasteiger partial charge in [0.2, 0.25) is 17.6 Å². The van der Waals surface area contributed by atoms with Gasteiger partial charge in [0.15, 0.2) is 0 Å². The number of hydrogen-bond acceptors (Lipinski definition) is 28. The van der Waals surface area contributed by atoms with Gasteiger partial charge in [0.1, 0.15) is 71.5 Å². The molecule has 0 saturated heterocycles. The lowest BCUT2D eigenvalue weighted by Crippen LogP contribution is -2.38. The summed E-state index contributed by atoms with van der Waals surface area (Å²) in [5, 5.41) is 44.0. The molecule has 9 aromatic heterocycles. The molecule has 9 aliphatic rings. The predicted octanol–water partition coefficient (Wildman–Crippen LogP) is 13.0. The summed E-state index contributed by atoms with van der Waals surface area (Å²) in [6.07, 6.45) is 20.5. The van der Waals surface area contributed by atoms with Crippen LogP contribution in [0.15, 0.2) is 91.8 Å². The number of nitrogens with two attached hydrogens (primary N) is 3. The third-order valence-electron chi connectivity index (χ3n) is 23.8. The number of carbonyl (C=O) groups excluding carboxylic acids is 3. The maximum atomic E-state index is 12.3. The maximum Gasteiger partial charge on any atom is 0.340 e. The quantitative estimate of drug-likeness (QED) is 0.0284. The number of ether oxygens (including phenoxy) is 6. The van der Waals surface area contributed by atoms with Crippen molar-refractivity contribution in [3.63, 3.8) is 0 Å². The minimum absolute atomic E-state index is 0.0112. The van der Waals surface area contributed by atoms with Crippen LogP contribution in [0.4, 0.5) is 38.8 Å². The number of nitrogens with zero attached hydrogens (tertiary/aromatic N) is 9. The Kier molecular flexibility index (Phi) is 21.1. The van der Waals surface area contributed by atoms with E-state index in [0.717, 1.165) is 105 Å². The summed E-state index contributed by atoms with van der Waals surface area (Å²) in [6, 6.07) is 16.4. The number of hydrogen-bond donors (Lipinski definition) is 9. The SMILES string of the molecule is CSF.C[C@@H]1OC(=O)c2ccc(Nc3cc4c(C(C)(N)C5CC5)cnc(OC5CC(O)C5)c4cn3)nc2[C@H]1C.C[C@@H]1OC(=O)c2ccc(Nc3cc4c([C@@](C)(N)C5CC5)cnc(OC5CC(O)C5)c4cn3)nc2[C@H]1C.C[C@@H]1OC(=O)c2ccc(Nc3cc4c([C@](C)(N)C5CC5)cnc(OC5CC(O)C5)c4cn3)nc2[C@H]1C. The standard InChI is InChI=1S/3C27H31N5O4.CH3FS/c3*1-13-14(2)35-26(34)18-6-7-22(32-24(13)18)31-23-10-19-20(11-29-23)25(36-17-8-16(33)9-17)30-12-21(19)27(3,28)15-4-5-15;1-3-2/h3*6-7,10-17,33H,4-5,8-9,28H2,1-3H3,(H,29,31,32);1H3/t13-,14-,16?,17?,27?;13-,14-,16?,17?,27+;13-,14-,16?,17?,27-;/m000./s1. The summed E-state index contributed by atoms with van der Waals surface area (Å²) in [7, 11) is 0. The molecule has 18 rings (SSSR count). The monoisotopic (exact) mass is 1530 g/mol. The molecule has 12 heterocycles. The summed E-state index contributed by atoms with van der Waals surface area (Å²) >= 11 is 0.250. The zero-order valence-corrected chi connectivity index (χ0v) is 64.7. The molecule has 27 nitrogen and oxygen atoms in total. The number of anilines is 6. The van der Waals surface area contributed by atoms with E-state index >= 15 is 0 Å². The van der Waals surface area contributed by atoms with Crippen LogP contribution in [-0.2, 0) is 30.8 Å². The van der Waals surface area contributed by atoms with E-state index in [0.29, 0.717) is 126 Å². The van der Waals surface area contributed by atoms with Gasteiger partial charge >= 0.3 is 17.9 Å². The van der Waals surface area contributed by atoms with Crippen LogP contribution >= 0.6 is 12.1 Å². The molecule has 0 spiro atoms. The Balaban J connectivity index is 0.000000130. The van der Waals surface area contributed by atoms with Crippen LogP contribution in [0.2, 0.25) is 0 Å². The fraction of sp³-hybridized carbons (Fsp3) is 0.488. The van der Waals surface area contributed by atoms with Crippen molar-refractivity contribution in [2.45, 2.75) is 229 Å². The van der Waals surface area contributed by atoms with Gasteiger partial charge in [-0.2, -0.15) is 3.89 Å². The highest BCUT2D eigenvalue weighted by molar-refractivity contribution is 7.93. The van der Waals surface area contributed by atoms with Gasteiger partial charge in [-0.1, -0.05) is 20.8 Å². The predicted molar refractivity (Wildman–Crippen MR) is 417 cm³/mol. The molecule has 111 heavy (non-hydrogen) atoms. The van der Waals surface area contributed by atoms with Gasteiger partial charge in [0, 0.05) is 128 Å². The Morgan fingerprint density at radius 2 is 0.667 bits per heavy atom. The number of aliphatic hydroxyl groups excluding tert-OH is 3. The first kappa shape index (κ1) is 76.7. The number of pyridine rings is 9. The van der Waals surface area contributed by atoms with Gasteiger partial charge in [-0.05, 0) is 185 Å². The Morgan fingerprint density at radius 3 is 0.901 bits per heavy atom. The lowest BCUT2D eigenvalue weighted by Gasteiger charge is -2.32. The first-order valence-corrected chi connectivity index (χ1v) is 39.6. The number of halogens is 1. The van der Waals surface area contributed by atoms with Crippen LogP contribution in [0.25, 0.3) is 32.3 Å². The second kappa shape index (κ2) is 30.5. The molecular weight excluding hydrogens is 1440 g/mol. The molecule has 0 bridgehead atoms. The van der Waals surface area contributed by atoms with Crippen molar-refractivity contribution in [1.29, 1.82) is 0 Å². The number of nitrogens with one attached hydrogen (secondary N) is 3. The Bertz CT molecular complexity index is 4580. The Morgan fingerprint density at radius 1 is 0.414 bits per heavy atom. The molecule has 0 aromatic carbocycles. The van der Waals surface area contributed by atoms with Crippen LogP contribution in [0.3, 0.4) is 0 Å². The Labute approximate surface area is 646 Å². The van der Waals surface area contributed by atoms with E-state index in [1.165, 1.54) is 6.26 Å². The van der Waals surface area contributed by atoms with Crippen molar-refractivity contribution >= 4 is 97.3 Å². The molecule has 0 amide bonds. The molecule has 584 valence electrons. The average Bonchev–Trinajstić information content (AvgIpc) is 1.75. The second-order valence-electron chi connectivity index (χ2n) is 32.2. The summed E-state index contributed by atoms with van der Waals surface area (Å²) in [4.78, 5) is 78.7. The minimum atomic E-state index is -0.523. The number of aliphatic hydroxyl groups is 3. The fourth-order valence-corrected chi connectivity index (χ4v) is 15.4. The largest absolute Gasteiger partial charge is 0.474 e. The lowest BCUT2D eigenvalue weighted by atomic mass is 9.86. The maximum absolute atomic E-state index is 12.3. The van der Waals surface area contributed by atoms with Gasteiger partial charge in [-0.25, -0.2) is 59.2 Å². The lowest BCUT2D eigenvalue weighted by molar-refractivity contribution is -0.0125. The molecule has 12 N–H and O–H groups in total. The third kappa shape index (κ3) is 15.7. The number of fused-ring (bicyclic) bond motifs is 6. The van der Waals surface area contributed by atoms with Crippen LogP contribution in [-0.4, -0.2) is 139 Å². The first-order chi connectivity index (χ1) is 53.0. The molecule has 0 radical (unpaired) electrons. The van der Waals surface area contributed by atoms with E-state index < -0.39 is 16.6 Å². The van der Waals surface area contributed by atoms with Gasteiger partial charge in [0.25, 0.3) is 0 Å². The highest BCUT2D eigenvalue weighted by atomic mass is 32.2. The van der Waals surface area contributed by atoms with Crippen LogP contribution in [0.5, 0.6) is 17.6 Å². The van der Waals surface area contributed by atoms with Gasteiger partial charge in [0.05, 0.1) is 68.2 Å². The zero-order valence-electron chi connectivity index (χ0n) is 63.9. The highest BCUT2D eigenvalue weighted by Gasteiger charge is 2.45. The molecule has 6 aliphatic carbocycles. The summed E-state index contributed by atoms with van der Waals surface area (Å²) in [5.41, 5.74) is 25.4. The normalized spacial score (nSPS) is 26.4. The average molecular weight is 1530 g/mol. The molecular formula is C82H96FN15O12S. The highest BCUT2D eigenvalue weighted by Crippen LogP contribution is 2.50. The van der Waals surface area contributed by atoms with Gasteiger partial charge in [-0.15, -0.1) is 0 Å². The van der Waals surface area contributed by atoms with Crippen molar-refractivity contribution in [2.24, 2.45) is 35.0 Å². The summed E-state index contributed by atoms with van der Waals surface area (Å²) in [5.74, 6) is 5.30. The number of rotatable bonds is 18. The number of cyclic esters (lactones) is 3. The van der Waals surface area contributed by atoms with Crippen molar-refractivity contribution in [3.8, 4) is 17.6 Å². The molecule has 6 fully saturated rings. The van der Waals surface area contributed by atoms with E-state index in [1.54, 1.807) is 55.0 Å². The molecule has 29 heteroatoms. The van der Waals surface area contributed by atoms with E-state index in [2.05, 4.69) is 66.6 Å². The molecule has 3 aliphatic heterocycles. The minimum Gasteiger partial charge on any atom is -0.474 e. The molecule has 9 atom stereocenters. The van der Waals surface area contributed by atoms with E-state index in [4.69, 9.17) is 60.6 Å². The van der Waals surface area contributed by atoms with Crippen molar-refractivity contribution in [2.75, 3.05) is 22.2 Å².